The van der Waals surface area contributed by atoms with E-state index in [1.807, 2.05) is 32.0 Å². The highest BCUT2D eigenvalue weighted by Crippen LogP contribution is 2.35. The summed E-state index contributed by atoms with van der Waals surface area (Å²) in [4.78, 5) is 36.1. The topological polar surface area (TPSA) is 51.2 Å². The molecule has 0 aliphatic heterocycles. The molecule has 0 N–H and O–H groups in total. The molecule has 1 aromatic rings. The summed E-state index contributed by atoms with van der Waals surface area (Å²) in [5.74, 6) is -1.72. The molecule has 0 spiro atoms. The molecular weight excluding hydrogens is 252 g/mol. The van der Waals surface area contributed by atoms with Crippen LogP contribution in [0.1, 0.15) is 48.8 Å². The molecule has 0 radical (unpaired) electrons. The third-order valence-electron chi connectivity index (χ3n) is 4.16. The lowest BCUT2D eigenvalue weighted by atomic mass is 9.73. The van der Waals surface area contributed by atoms with Crippen LogP contribution in [-0.2, 0) is 14.4 Å². The summed E-state index contributed by atoms with van der Waals surface area (Å²) in [5, 5.41) is 0. The molecule has 3 heteroatoms. The first kappa shape index (κ1) is 14.6. The van der Waals surface area contributed by atoms with Crippen LogP contribution < -0.4 is 0 Å². The molecule has 1 aliphatic rings. The summed E-state index contributed by atoms with van der Waals surface area (Å²) >= 11 is 0. The molecule has 1 aliphatic carbocycles. The summed E-state index contributed by atoms with van der Waals surface area (Å²) in [7, 11) is 0. The number of ketones is 3. The van der Waals surface area contributed by atoms with Crippen LogP contribution in [-0.4, -0.2) is 17.3 Å². The molecule has 0 amide bonds. The van der Waals surface area contributed by atoms with Gasteiger partial charge in [-0.3, -0.25) is 14.4 Å². The van der Waals surface area contributed by atoms with Gasteiger partial charge in [0.25, 0.3) is 0 Å². The third kappa shape index (κ3) is 2.58. The highest BCUT2D eigenvalue weighted by atomic mass is 16.2. The minimum Gasteiger partial charge on any atom is -0.298 e. The van der Waals surface area contributed by atoms with Crippen LogP contribution in [0.15, 0.2) is 18.2 Å². The summed E-state index contributed by atoms with van der Waals surface area (Å²) in [6, 6.07) is 5.98. The van der Waals surface area contributed by atoms with E-state index in [2.05, 4.69) is 0 Å². The van der Waals surface area contributed by atoms with Crippen molar-refractivity contribution in [3.8, 4) is 0 Å². The van der Waals surface area contributed by atoms with Gasteiger partial charge in [-0.2, -0.15) is 0 Å². The van der Waals surface area contributed by atoms with E-state index in [9.17, 15) is 14.4 Å². The van der Waals surface area contributed by atoms with Crippen LogP contribution in [0.2, 0.25) is 0 Å². The van der Waals surface area contributed by atoms with Gasteiger partial charge in [0.1, 0.15) is 5.92 Å². The minimum absolute atomic E-state index is 0.0721. The third-order valence-corrected chi connectivity index (χ3v) is 4.16. The van der Waals surface area contributed by atoms with Gasteiger partial charge < -0.3 is 0 Å². The fourth-order valence-corrected chi connectivity index (χ4v) is 3.21. The quantitative estimate of drug-likeness (QED) is 0.795. The van der Waals surface area contributed by atoms with Gasteiger partial charge in [-0.25, -0.2) is 0 Å². The fraction of sp³-hybridized carbons (Fsp3) is 0.471. The first-order chi connectivity index (χ1) is 9.45. The van der Waals surface area contributed by atoms with Gasteiger partial charge in [-0.05, 0) is 36.5 Å². The summed E-state index contributed by atoms with van der Waals surface area (Å²) in [6.07, 6.45) is 0.845. The van der Waals surface area contributed by atoms with Gasteiger partial charge in [0.2, 0.25) is 0 Å². The van der Waals surface area contributed by atoms with Gasteiger partial charge in [0.05, 0.1) is 0 Å². The predicted octanol–water partition coefficient (Wildman–Crippen LogP) is 2.91. The van der Waals surface area contributed by atoms with E-state index in [1.54, 1.807) is 6.92 Å². The molecule has 0 heterocycles. The monoisotopic (exact) mass is 272 g/mol. The van der Waals surface area contributed by atoms with Crippen LogP contribution in [0.4, 0.5) is 0 Å². The maximum atomic E-state index is 12.2. The molecule has 1 saturated carbocycles. The van der Waals surface area contributed by atoms with Gasteiger partial charge in [-0.1, -0.05) is 25.1 Å². The molecular formula is C17H20O3. The summed E-state index contributed by atoms with van der Waals surface area (Å²) in [6.45, 7) is 5.70. The number of carbonyl (C=O) groups excluding carboxylic acids is 3. The Balaban J connectivity index is 2.30. The molecule has 2 rings (SSSR count). The zero-order valence-electron chi connectivity index (χ0n) is 12.2. The number of hydrogen-bond acceptors (Lipinski definition) is 3. The van der Waals surface area contributed by atoms with E-state index in [0.717, 1.165) is 16.7 Å². The number of Topliss-reactive ketones (excluding diaryl/α,β-unsaturated/α-hetero) is 3. The molecule has 1 aromatic carbocycles. The molecule has 1 fully saturated rings. The lowest BCUT2D eigenvalue weighted by Crippen LogP contribution is -2.38. The Morgan fingerprint density at radius 1 is 1.10 bits per heavy atom. The van der Waals surface area contributed by atoms with Crippen LogP contribution in [0.5, 0.6) is 0 Å². The minimum atomic E-state index is -0.999. The van der Waals surface area contributed by atoms with E-state index < -0.39 is 5.92 Å². The Morgan fingerprint density at radius 3 is 2.05 bits per heavy atom. The smallest absolute Gasteiger partial charge is 0.151 e. The summed E-state index contributed by atoms with van der Waals surface area (Å²) in [5.41, 5.74) is 3.31. The molecule has 0 unspecified atom stereocenters. The van der Waals surface area contributed by atoms with Gasteiger partial charge in [-0.15, -0.1) is 0 Å². The van der Waals surface area contributed by atoms with E-state index in [1.165, 1.54) is 0 Å². The number of hydrogen-bond donors (Lipinski definition) is 0. The lowest BCUT2D eigenvalue weighted by molar-refractivity contribution is -0.142. The number of aryl methyl sites for hydroxylation is 2. The number of benzene rings is 1. The van der Waals surface area contributed by atoms with Crippen molar-refractivity contribution in [1.82, 2.24) is 0 Å². The largest absolute Gasteiger partial charge is 0.298 e. The first-order valence-corrected chi connectivity index (χ1v) is 7.10. The van der Waals surface area contributed by atoms with E-state index >= 15 is 0 Å². The maximum Gasteiger partial charge on any atom is 0.151 e. The van der Waals surface area contributed by atoms with Crippen molar-refractivity contribution in [3.63, 3.8) is 0 Å². The average Bonchev–Trinajstić information content (AvgIpc) is 2.37. The maximum absolute atomic E-state index is 12.2. The second-order valence-corrected chi connectivity index (χ2v) is 5.60. The molecule has 106 valence electrons. The van der Waals surface area contributed by atoms with Gasteiger partial charge in [0, 0.05) is 19.3 Å². The van der Waals surface area contributed by atoms with Crippen LogP contribution in [0.25, 0.3) is 0 Å². The molecule has 3 nitrogen and oxygen atoms in total. The Labute approximate surface area is 119 Å². The Bertz CT molecular complexity index is 533. The van der Waals surface area contributed by atoms with Gasteiger partial charge in [0.15, 0.2) is 17.3 Å². The summed E-state index contributed by atoms with van der Waals surface area (Å²) < 4.78 is 0. The average molecular weight is 272 g/mol. The predicted molar refractivity (Wildman–Crippen MR) is 76.7 cm³/mol. The van der Waals surface area contributed by atoms with Crippen molar-refractivity contribution in [2.75, 3.05) is 0 Å². The Hall–Kier alpha value is -1.77. The van der Waals surface area contributed by atoms with Crippen molar-refractivity contribution in [1.29, 1.82) is 0 Å². The van der Waals surface area contributed by atoms with E-state index in [4.69, 9.17) is 0 Å². The Kier molecular flexibility index (Phi) is 4.17. The van der Waals surface area contributed by atoms with Crippen LogP contribution >= 0.6 is 0 Å². The zero-order valence-corrected chi connectivity index (χ0v) is 12.2. The second kappa shape index (κ2) is 5.70. The van der Waals surface area contributed by atoms with Crippen molar-refractivity contribution < 1.29 is 14.4 Å². The first-order valence-electron chi connectivity index (χ1n) is 7.10. The normalized spacial score (nSPS) is 22.9. The number of carbonyl (C=O) groups is 3. The van der Waals surface area contributed by atoms with Crippen LogP contribution in [0.3, 0.4) is 0 Å². The van der Waals surface area contributed by atoms with Gasteiger partial charge >= 0.3 is 0 Å². The standard InChI is InChI=1S/C17H20O3/c1-4-13(18)17-14(19)8-12(9-15(17)20)16-10(2)6-5-7-11(16)3/h5-7,12,17H,4,8-9H2,1-3H3. The number of rotatable bonds is 3. The van der Waals surface area contributed by atoms with Crippen molar-refractivity contribution in [2.45, 2.75) is 46.0 Å². The van der Waals surface area contributed by atoms with E-state index in [-0.39, 0.29) is 29.7 Å². The van der Waals surface area contributed by atoms with E-state index in [0.29, 0.717) is 12.8 Å². The molecule has 0 atom stereocenters. The Morgan fingerprint density at radius 2 is 1.60 bits per heavy atom. The SMILES string of the molecule is CCC(=O)C1C(=O)CC(c2c(C)cccc2C)CC1=O. The van der Waals surface area contributed by atoms with Crippen molar-refractivity contribution >= 4 is 17.3 Å². The fourth-order valence-electron chi connectivity index (χ4n) is 3.21. The van der Waals surface area contributed by atoms with Crippen molar-refractivity contribution in [2.24, 2.45) is 5.92 Å². The molecule has 0 bridgehead atoms. The second-order valence-electron chi connectivity index (χ2n) is 5.60. The van der Waals surface area contributed by atoms with Crippen molar-refractivity contribution in [3.05, 3.63) is 34.9 Å². The molecule has 0 aromatic heterocycles. The highest BCUT2D eigenvalue weighted by Gasteiger charge is 2.40. The molecule has 20 heavy (non-hydrogen) atoms. The highest BCUT2D eigenvalue weighted by molar-refractivity contribution is 6.20. The lowest BCUT2D eigenvalue weighted by Gasteiger charge is -2.27. The molecule has 0 saturated heterocycles. The zero-order chi connectivity index (χ0) is 14.9. The van der Waals surface area contributed by atoms with Crippen LogP contribution in [0, 0.1) is 19.8 Å².